The van der Waals surface area contributed by atoms with Gasteiger partial charge in [0.15, 0.2) is 0 Å². The molecule has 2 heterocycles. The summed E-state index contributed by atoms with van der Waals surface area (Å²) in [4.78, 5) is 38.6. The molecule has 1 aromatic carbocycles. The molecule has 0 bridgehead atoms. The fourth-order valence-corrected chi connectivity index (χ4v) is 3.31. The van der Waals surface area contributed by atoms with Crippen LogP contribution in [0.1, 0.15) is 54.7 Å². The molecule has 28 heavy (non-hydrogen) atoms. The van der Waals surface area contributed by atoms with Gasteiger partial charge in [-0.2, -0.15) is 5.10 Å². The van der Waals surface area contributed by atoms with E-state index in [-0.39, 0.29) is 29.1 Å². The number of carbonyl (C=O) groups is 2. The van der Waals surface area contributed by atoms with E-state index in [9.17, 15) is 14.4 Å². The zero-order chi connectivity index (χ0) is 19.9. The molecule has 1 saturated heterocycles. The van der Waals surface area contributed by atoms with E-state index >= 15 is 0 Å². The summed E-state index contributed by atoms with van der Waals surface area (Å²) in [6.45, 7) is 3.65. The first-order valence-corrected chi connectivity index (χ1v) is 9.80. The highest BCUT2D eigenvalue weighted by Crippen LogP contribution is 2.19. The van der Waals surface area contributed by atoms with Crippen molar-refractivity contribution in [2.24, 2.45) is 0 Å². The number of rotatable bonds is 8. The molecule has 7 heteroatoms. The van der Waals surface area contributed by atoms with E-state index in [1.54, 1.807) is 4.90 Å². The van der Waals surface area contributed by atoms with Crippen LogP contribution in [0, 0.1) is 0 Å². The number of amides is 2. The van der Waals surface area contributed by atoms with Gasteiger partial charge >= 0.3 is 0 Å². The third-order valence-corrected chi connectivity index (χ3v) is 4.90. The van der Waals surface area contributed by atoms with Crippen LogP contribution in [-0.4, -0.2) is 39.6 Å². The second-order valence-corrected chi connectivity index (χ2v) is 7.01. The highest BCUT2D eigenvalue weighted by Gasteiger charge is 2.26. The summed E-state index contributed by atoms with van der Waals surface area (Å²) < 4.78 is 1.33. The monoisotopic (exact) mass is 382 g/mol. The maximum atomic E-state index is 12.8. The number of aryl methyl sites for hydroxylation is 1. The smallest absolute Gasteiger partial charge is 0.272 e. The van der Waals surface area contributed by atoms with Gasteiger partial charge in [-0.25, -0.2) is 4.68 Å². The van der Waals surface area contributed by atoms with Gasteiger partial charge in [-0.05, 0) is 24.5 Å². The van der Waals surface area contributed by atoms with E-state index in [1.165, 1.54) is 16.8 Å². The van der Waals surface area contributed by atoms with E-state index in [1.807, 2.05) is 37.3 Å². The molecular formula is C21H26N4O3. The zero-order valence-corrected chi connectivity index (χ0v) is 16.1. The molecule has 0 saturated carbocycles. The Bertz CT molecular complexity index is 879. The predicted octanol–water partition coefficient (Wildman–Crippen LogP) is 2.14. The van der Waals surface area contributed by atoms with Crippen molar-refractivity contribution in [3.8, 4) is 0 Å². The topological polar surface area (TPSA) is 84.3 Å². The summed E-state index contributed by atoms with van der Waals surface area (Å²) in [7, 11) is 0. The second kappa shape index (κ2) is 9.30. The first kappa shape index (κ1) is 19.8. The molecule has 0 spiro atoms. The number of nitrogens with zero attached hydrogens (tertiary/aromatic N) is 3. The lowest BCUT2D eigenvalue weighted by atomic mass is 10.1. The van der Waals surface area contributed by atoms with E-state index in [0.29, 0.717) is 26.1 Å². The van der Waals surface area contributed by atoms with Gasteiger partial charge in [0, 0.05) is 32.1 Å². The van der Waals surface area contributed by atoms with E-state index in [4.69, 9.17) is 0 Å². The van der Waals surface area contributed by atoms with Gasteiger partial charge in [0.1, 0.15) is 5.69 Å². The summed E-state index contributed by atoms with van der Waals surface area (Å²) in [6.07, 6.45) is 3.16. The Balaban J connectivity index is 1.79. The van der Waals surface area contributed by atoms with Crippen molar-refractivity contribution in [1.82, 2.24) is 20.0 Å². The molecule has 1 atom stereocenters. The van der Waals surface area contributed by atoms with Gasteiger partial charge in [0.25, 0.3) is 11.5 Å². The molecule has 7 nitrogen and oxygen atoms in total. The maximum absolute atomic E-state index is 12.8. The molecule has 1 aromatic heterocycles. The highest BCUT2D eigenvalue weighted by molar-refractivity contribution is 5.92. The van der Waals surface area contributed by atoms with Gasteiger partial charge in [0.05, 0.1) is 6.04 Å². The first-order valence-electron chi connectivity index (χ1n) is 9.80. The standard InChI is InChI=1S/C21H26N4O3/c1-2-3-14-25-20(27)12-11-17(23-25)21(28)22-18(16-8-5-4-6-9-16)15-24-13-7-10-19(24)26/h4-6,8-9,11-12,18H,2-3,7,10,13-15H2,1H3,(H,22,28). The quantitative estimate of drug-likeness (QED) is 0.758. The van der Waals surface area contributed by atoms with Crippen LogP contribution < -0.4 is 10.9 Å². The molecule has 1 aliphatic heterocycles. The molecule has 2 amide bonds. The molecule has 0 radical (unpaired) electrons. The number of nitrogens with one attached hydrogen (secondary N) is 1. The average molecular weight is 382 g/mol. The number of aromatic nitrogens is 2. The molecule has 148 valence electrons. The Morgan fingerprint density at radius 2 is 1.96 bits per heavy atom. The molecular weight excluding hydrogens is 356 g/mol. The van der Waals surface area contributed by atoms with Crippen molar-refractivity contribution in [1.29, 1.82) is 0 Å². The predicted molar refractivity (Wildman–Crippen MR) is 106 cm³/mol. The fourth-order valence-electron chi connectivity index (χ4n) is 3.31. The lowest BCUT2D eigenvalue weighted by molar-refractivity contribution is -0.128. The Morgan fingerprint density at radius 3 is 2.64 bits per heavy atom. The van der Waals surface area contributed by atoms with E-state index < -0.39 is 0 Å². The van der Waals surface area contributed by atoms with Crippen molar-refractivity contribution in [3.63, 3.8) is 0 Å². The van der Waals surface area contributed by atoms with Gasteiger partial charge in [-0.3, -0.25) is 14.4 Å². The van der Waals surface area contributed by atoms with Crippen LogP contribution in [0.3, 0.4) is 0 Å². The summed E-state index contributed by atoms with van der Waals surface area (Å²) >= 11 is 0. The van der Waals surface area contributed by atoms with Crippen molar-refractivity contribution < 1.29 is 9.59 Å². The van der Waals surface area contributed by atoms with Crippen molar-refractivity contribution >= 4 is 11.8 Å². The molecule has 1 unspecified atom stereocenters. The van der Waals surface area contributed by atoms with Gasteiger partial charge in [0.2, 0.25) is 5.91 Å². The number of benzene rings is 1. The van der Waals surface area contributed by atoms with Crippen molar-refractivity contribution in [3.05, 3.63) is 64.1 Å². The Labute approximate surface area is 164 Å². The minimum Gasteiger partial charge on any atom is -0.342 e. The number of carbonyl (C=O) groups excluding carboxylic acids is 2. The maximum Gasteiger partial charge on any atom is 0.272 e. The third-order valence-electron chi connectivity index (χ3n) is 4.90. The van der Waals surface area contributed by atoms with E-state index in [2.05, 4.69) is 10.4 Å². The molecule has 1 fully saturated rings. The summed E-state index contributed by atoms with van der Waals surface area (Å²) in [5.41, 5.74) is 0.909. The minimum absolute atomic E-state index is 0.112. The van der Waals surface area contributed by atoms with E-state index in [0.717, 1.165) is 24.8 Å². The number of likely N-dealkylation sites (tertiary alicyclic amines) is 1. The fraction of sp³-hybridized carbons (Fsp3) is 0.429. The minimum atomic E-state index is -0.356. The van der Waals surface area contributed by atoms with Crippen molar-refractivity contribution in [2.75, 3.05) is 13.1 Å². The molecule has 0 aliphatic carbocycles. The van der Waals surface area contributed by atoms with Gasteiger partial charge < -0.3 is 10.2 Å². The number of unbranched alkanes of at least 4 members (excludes halogenated alkanes) is 1. The van der Waals surface area contributed by atoms with Crippen LogP contribution in [0.5, 0.6) is 0 Å². The lowest BCUT2D eigenvalue weighted by Crippen LogP contribution is -2.39. The Morgan fingerprint density at radius 1 is 1.18 bits per heavy atom. The summed E-state index contributed by atoms with van der Waals surface area (Å²) in [6, 6.07) is 12.1. The largest absolute Gasteiger partial charge is 0.342 e. The third kappa shape index (κ3) is 4.85. The van der Waals surface area contributed by atoms with Crippen LogP contribution in [0.25, 0.3) is 0 Å². The second-order valence-electron chi connectivity index (χ2n) is 7.01. The number of hydrogen-bond acceptors (Lipinski definition) is 4. The van der Waals surface area contributed by atoms with Crippen LogP contribution >= 0.6 is 0 Å². The SMILES string of the molecule is CCCCn1nc(C(=O)NC(CN2CCCC2=O)c2ccccc2)ccc1=O. The Kier molecular flexibility index (Phi) is 6.57. The highest BCUT2D eigenvalue weighted by atomic mass is 16.2. The first-order chi connectivity index (χ1) is 13.6. The number of hydrogen-bond donors (Lipinski definition) is 1. The molecule has 1 N–H and O–H groups in total. The van der Waals surface area contributed by atoms with Crippen molar-refractivity contribution in [2.45, 2.75) is 45.2 Å². The van der Waals surface area contributed by atoms with Crippen LogP contribution in [0.2, 0.25) is 0 Å². The summed E-state index contributed by atoms with van der Waals surface area (Å²) in [5.74, 6) is -0.243. The summed E-state index contributed by atoms with van der Waals surface area (Å²) in [5, 5.41) is 7.20. The molecule has 2 aromatic rings. The van der Waals surface area contributed by atoms with Crippen LogP contribution in [-0.2, 0) is 11.3 Å². The van der Waals surface area contributed by atoms with Crippen LogP contribution in [0.15, 0.2) is 47.3 Å². The van der Waals surface area contributed by atoms with Gasteiger partial charge in [-0.15, -0.1) is 0 Å². The Hall–Kier alpha value is -2.96. The molecule has 3 rings (SSSR count). The molecule has 1 aliphatic rings. The van der Waals surface area contributed by atoms with Crippen LogP contribution in [0.4, 0.5) is 0 Å². The van der Waals surface area contributed by atoms with Gasteiger partial charge in [-0.1, -0.05) is 43.7 Å². The average Bonchev–Trinajstić information content (AvgIpc) is 3.12. The lowest BCUT2D eigenvalue weighted by Gasteiger charge is -2.25. The normalized spacial score (nSPS) is 14.9. The zero-order valence-electron chi connectivity index (χ0n) is 16.1.